The van der Waals surface area contributed by atoms with Crippen molar-refractivity contribution in [2.75, 3.05) is 0 Å². The Balaban J connectivity index is 2.49. The average molecular weight is 224 g/mol. The van der Waals surface area contributed by atoms with Gasteiger partial charge in [0.25, 0.3) is 0 Å². The molecule has 0 amide bonds. The van der Waals surface area contributed by atoms with Gasteiger partial charge in [0.05, 0.1) is 11.6 Å². The second kappa shape index (κ2) is 3.98. The minimum atomic E-state index is 0.361. The standard InChI is InChI=1S/C10H10ClN3O/c1-6-3-4-9(13-12-6)10-8(5-11)7(2)15-14-10/h3-4H,5H2,1-2H3. The van der Waals surface area contributed by atoms with E-state index < -0.39 is 0 Å². The summed E-state index contributed by atoms with van der Waals surface area (Å²) in [6.45, 7) is 3.71. The van der Waals surface area contributed by atoms with Crippen molar-refractivity contribution in [3.63, 3.8) is 0 Å². The van der Waals surface area contributed by atoms with Gasteiger partial charge in [-0.25, -0.2) is 0 Å². The van der Waals surface area contributed by atoms with Crippen LogP contribution in [0.4, 0.5) is 0 Å². The number of nitrogens with zero attached hydrogens (tertiary/aromatic N) is 3. The number of aryl methyl sites for hydroxylation is 2. The van der Waals surface area contributed by atoms with Gasteiger partial charge in [0, 0.05) is 5.56 Å². The molecule has 2 aromatic rings. The highest BCUT2D eigenvalue weighted by atomic mass is 35.5. The van der Waals surface area contributed by atoms with E-state index >= 15 is 0 Å². The van der Waals surface area contributed by atoms with Crippen molar-refractivity contribution in [1.29, 1.82) is 0 Å². The van der Waals surface area contributed by atoms with Gasteiger partial charge in [0.2, 0.25) is 0 Å². The van der Waals surface area contributed by atoms with Gasteiger partial charge in [-0.1, -0.05) is 5.16 Å². The predicted molar refractivity (Wildman–Crippen MR) is 56.6 cm³/mol. The number of alkyl halides is 1. The van der Waals surface area contributed by atoms with E-state index in [0.29, 0.717) is 17.3 Å². The average Bonchev–Trinajstić information content (AvgIpc) is 2.61. The Morgan fingerprint density at radius 1 is 1.27 bits per heavy atom. The lowest BCUT2D eigenvalue weighted by molar-refractivity contribution is 0.398. The van der Waals surface area contributed by atoms with Crippen LogP contribution in [0.15, 0.2) is 16.7 Å². The molecule has 0 aliphatic rings. The fourth-order valence-electron chi connectivity index (χ4n) is 1.28. The van der Waals surface area contributed by atoms with Crippen LogP contribution >= 0.6 is 11.6 Å². The summed E-state index contributed by atoms with van der Waals surface area (Å²) in [7, 11) is 0. The van der Waals surface area contributed by atoms with E-state index in [2.05, 4.69) is 15.4 Å². The van der Waals surface area contributed by atoms with Crippen molar-refractivity contribution in [1.82, 2.24) is 15.4 Å². The van der Waals surface area contributed by atoms with Gasteiger partial charge in [-0.3, -0.25) is 0 Å². The van der Waals surface area contributed by atoms with Crippen molar-refractivity contribution in [3.8, 4) is 11.4 Å². The van der Waals surface area contributed by atoms with E-state index in [1.165, 1.54) is 0 Å². The largest absolute Gasteiger partial charge is 0.361 e. The number of rotatable bonds is 2. The SMILES string of the molecule is Cc1ccc(-c2noc(C)c2CCl)nn1. The normalized spacial score (nSPS) is 10.6. The lowest BCUT2D eigenvalue weighted by Gasteiger charge is -1.97. The van der Waals surface area contributed by atoms with Crippen molar-refractivity contribution in [2.45, 2.75) is 19.7 Å². The molecule has 4 nitrogen and oxygen atoms in total. The zero-order valence-corrected chi connectivity index (χ0v) is 9.25. The summed E-state index contributed by atoms with van der Waals surface area (Å²) in [6, 6.07) is 3.74. The third-order valence-electron chi connectivity index (χ3n) is 2.16. The minimum absolute atomic E-state index is 0.361. The van der Waals surface area contributed by atoms with E-state index in [1.807, 2.05) is 26.0 Å². The van der Waals surface area contributed by atoms with Gasteiger partial charge in [0.15, 0.2) is 0 Å². The minimum Gasteiger partial charge on any atom is -0.361 e. The second-order valence-corrected chi connectivity index (χ2v) is 3.53. The van der Waals surface area contributed by atoms with Crippen molar-refractivity contribution in [3.05, 3.63) is 29.2 Å². The smallest absolute Gasteiger partial charge is 0.138 e. The molecule has 0 saturated heterocycles. The van der Waals surface area contributed by atoms with Crippen LogP contribution in [0, 0.1) is 13.8 Å². The van der Waals surface area contributed by atoms with Gasteiger partial charge < -0.3 is 4.52 Å². The summed E-state index contributed by atoms with van der Waals surface area (Å²) in [5, 5.41) is 11.9. The molecule has 2 heterocycles. The van der Waals surface area contributed by atoms with Crippen molar-refractivity contribution < 1.29 is 4.52 Å². The van der Waals surface area contributed by atoms with Crippen LogP contribution in [0.5, 0.6) is 0 Å². The van der Waals surface area contributed by atoms with Gasteiger partial charge in [-0.15, -0.1) is 16.7 Å². The Morgan fingerprint density at radius 2 is 2.07 bits per heavy atom. The summed E-state index contributed by atoms with van der Waals surface area (Å²) in [4.78, 5) is 0. The van der Waals surface area contributed by atoms with E-state index in [0.717, 1.165) is 17.0 Å². The quantitative estimate of drug-likeness (QED) is 0.734. The molecule has 0 N–H and O–H groups in total. The Labute approximate surface area is 92.3 Å². The van der Waals surface area contributed by atoms with E-state index in [4.69, 9.17) is 16.1 Å². The Bertz CT molecular complexity index is 464. The Morgan fingerprint density at radius 3 is 2.67 bits per heavy atom. The van der Waals surface area contributed by atoms with Crippen LogP contribution in [0.1, 0.15) is 17.0 Å². The van der Waals surface area contributed by atoms with Crippen molar-refractivity contribution >= 4 is 11.6 Å². The first-order valence-corrected chi connectivity index (χ1v) is 5.07. The number of hydrogen-bond donors (Lipinski definition) is 0. The highest BCUT2D eigenvalue weighted by Gasteiger charge is 2.14. The highest BCUT2D eigenvalue weighted by molar-refractivity contribution is 6.17. The molecule has 0 aliphatic heterocycles. The molecular weight excluding hydrogens is 214 g/mol. The first-order valence-electron chi connectivity index (χ1n) is 4.54. The molecule has 5 heteroatoms. The first kappa shape index (κ1) is 10.1. The van der Waals surface area contributed by atoms with Gasteiger partial charge >= 0.3 is 0 Å². The Hall–Kier alpha value is -1.42. The third-order valence-corrected chi connectivity index (χ3v) is 2.43. The van der Waals surface area contributed by atoms with E-state index in [1.54, 1.807) is 0 Å². The summed E-state index contributed by atoms with van der Waals surface area (Å²) in [5.41, 5.74) is 3.10. The molecule has 0 atom stereocenters. The maximum atomic E-state index is 5.81. The molecule has 0 bridgehead atoms. The maximum Gasteiger partial charge on any atom is 0.138 e. The molecule has 2 rings (SSSR count). The summed E-state index contributed by atoms with van der Waals surface area (Å²) >= 11 is 5.81. The fraction of sp³-hybridized carbons (Fsp3) is 0.300. The van der Waals surface area contributed by atoms with Gasteiger partial charge in [-0.05, 0) is 26.0 Å². The molecule has 15 heavy (non-hydrogen) atoms. The molecule has 78 valence electrons. The number of aromatic nitrogens is 3. The summed E-state index contributed by atoms with van der Waals surface area (Å²) < 4.78 is 5.07. The molecule has 0 radical (unpaired) electrons. The third kappa shape index (κ3) is 1.85. The molecule has 0 aliphatic carbocycles. The van der Waals surface area contributed by atoms with Crippen LogP contribution < -0.4 is 0 Å². The molecule has 0 spiro atoms. The van der Waals surface area contributed by atoms with Gasteiger partial charge in [0.1, 0.15) is 17.1 Å². The zero-order valence-electron chi connectivity index (χ0n) is 8.49. The first-order chi connectivity index (χ1) is 7.22. The van der Waals surface area contributed by atoms with Gasteiger partial charge in [-0.2, -0.15) is 5.10 Å². The van der Waals surface area contributed by atoms with Crippen LogP contribution in [-0.4, -0.2) is 15.4 Å². The molecular formula is C10H10ClN3O. The van der Waals surface area contributed by atoms with E-state index in [9.17, 15) is 0 Å². The van der Waals surface area contributed by atoms with Crippen LogP contribution in [0.2, 0.25) is 0 Å². The molecule has 2 aromatic heterocycles. The molecule has 0 aromatic carbocycles. The number of hydrogen-bond acceptors (Lipinski definition) is 4. The second-order valence-electron chi connectivity index (χ2n) is 3.26. The fourth-order valence-corrected chi connectivity index (χ4v) is 1.59. The van der Waals surface area contributed by atoms with Crippen LogP contribution in [0.3, 0.4) is 0 Å². The topological polar surface area (TPSA) is 51.8 Å². The monoisotopic (exact) mass is 223 g/mol. The highest BCUT2D eigenvalue weighted by Crippen LogP contribution is 2.24. The van der Waals surface area contributed by atoms with E-state index in [-0.39, 0.29) is 0 Å². The number of halogens is 1. The Kier molecular flexibility index (Phi) is 2.68. The summed E-state index contributed by atoms with van der Waals surface area (Å²) in [5.74, 6) is 1.09. The summed E-state index contributed by atoms with van der Waals surface area (Å²) in [6.07, 6.45) is 0. The molecule has 0 saturated carbocycles. The lowest BCUT2D eigenvalue weighted by Crippen LogP contribution is -1.92. The lowest BCUT2D eigenvalue weighted by atomic mass is 10.1. The maximum absolute atomic E-state index is 5.81. The molecule has 0 unspecified atom stereocenters. The molecule has 0 fully saturated rings. The zero-order chi connectivity index (χ0) is 10.8. The van der Waals surface area contributed by atoms with Crippen LogP contribution in [-0.2, 0) is 5.88 Å². The van der Waals surface area contributed by atoms with Crippen LogP contribution in [0.25, 0.3) is 11.4 Å². The predicted octanol–water partition coefficient (Wildman–Crippen LogP) is 2.49. The van der Waals surface area contributed by atoms with Crippen molar-refractivity contribution in [2.24, 2.45) is 0 Å².